The summed E-state index contributed by atoms with van der Waals surface area (Å²) >= 11 is 30.6. The summed E-state index contributed by atoms with van der Waals surface area (Å²) in [6.45, 7) is 12.1. The molecule has 0 atom stereocenters. The summed E-state index contributed by atoms with van der Waals surface area (Å²) in [4.78, 5) is 97.1. The predicted octanol–water partition coefficient (Wildman–Crippen LogP) is 21.0. The minimum Gasteiger partial charge on any atom is -0.496 e. The monoisotopic (exact) mass is 2090 g/mol. The fraction of sp³-hybridized carbons (Fsp3) is 0.221. The summed E-state index contributed by atoms with van der Waals surface area (Å²) in [5, 5.41) is 27.6. The Kier molecular flexibility index (Phi) is 33.7. The molecule has 0 saturated heterocycles. The molecule has 0 aliphatic heterocycles. The molecule has 1 aliphatic rings. The molecule has 0 saturated carbocycles. The van der Waals surface area contributed by atoms with Crippen molar-refractivity contribution in [3.63, 3.8) is 0 Å². The molecule has 0 amide bonds. The molecule has 34 heteroatoms. The lowest BCUT2D eigenvalue weighted by molar-refractivity contribution is -0.117. The first-order chi connectivity index (χ1) is 66.1. The van der Waals surface area contributed by atoms with Crippen molar-refractivity contribution >= 4 is 163 Å². The van der Waals surface area contributed by atoms with E-state index in [1.807, 2.05) is 175 Å². The number of benzene rings is 9. The molecular weight excluding hydrogens is 2000 g/mol. The summed E-state index contributed by atoms with van der Waals surface area (Å²) in [5.41, 5.74) is 15.7. The maximum absolute atomic E-state index is 13.4. The first kappa shape index (κ1) is 102. The van der Waals surface area contributed by atoms with Gasteiger partial charge >= 0.3 is 0 Å². The number of methoxy groups -OCH3 is 5. The van der Waals surface area contributed by atoms with Gasteiger partial charge in [0.05, 0.1) is 137 Å². The SMILES string of the molecule is COc1cc2c(cc1-c1c(C)noc1C)cc(C=O)c(=O)n2CCc1ccc(Cl)cc1.COc1cc2c(cc1-c1c(C)noc1C)cc(CO)c(=O)n2CCc1ccc(Cl)cc1.COc1cc2c(cc1-c1c(C)noc1C)cc(COS(C)(=O)=O)c(=O)n2CCc1ccc(Cl)cc1.COc1cc2c(cc1Br)C=C(C=O)C(=O)C2.COc1cc2c(cc1Br)cc(C=O)c(=O)n2CCc1ccc(Cl)cc1. The number of ether oxygens (including phenoxy) is 5. The van der Waals surface area contributed by atoms with Gasteiger partial charge in [0.2, 0.25) is 0 Å². The predicted molar refractivity (Wildman–Crippen MR) is 542 cm³/mol. The fourth-order valence-electron chi connectivity index (χ4n) is 16.3. The van der Waals surface area contributed by atoms with Gasteiger partial charge in [-0.3, -0.25) is 42.5 Å². The molecule has 0 unspecified atom stereocenters. The Morgan fingerprint density at radius 2 is 0.717 bits per heavy atom. The van der Waals surface area contributed by atoms with E-state index in [1.165, 1.54) is 0 Å². The van der Waals surface area contributed by atoms with Crippen molar-refractivity contribution < 1.29 is 74.1 Å². The van der Waals surface area contributed by atoms with Crippen LogP contribution in [-0.4, -0.2) is 114 Å². The molecule has 1 N–H and O–H groups in total. The Labute approximate surface area is 829 Å². The summed E-state index contributed by atoms with van der Waals surface area (Å²) in [6, 6.07) is 55.1. The molecule has 0 spiro atoms. The number of rotatable bonds is 27. The van der Waals surface area contributed by atoms with E-state index in [1.54, 1.807) is 108 Å². The minimum atomic E-state index is -3.73. The van der Waals surface area contributed by atoms with Gasteiger partial charge in [0, 0.05) is 116 Å². The molecule has 17 rings (SSSR count). The highest BCUT2D eigenvalue weighted by Crippen LogP contribution is 2.43. The van der Waals surface area contributed by atoms with Gasteiger partial charge in [0.15, 0.2) is 24.6 Å². The quantitative estimate of drug-likeness (QED) is 0.0284. The van der Waals surface area contributed by atoms with Gasteiger partial charge in [-0.1, -0.05) is 110 Å². The van der Waals surface area contributed by atoms with Crippen LogP contribution in [0.4, 0.5) is 0 Å². The first-order valence-corrected chi connectivity index (χ1v) is 47.9. The first-order valence-electron chi connectivity index (χ1n) is 43.0. The van der Waals surface area contributed by atoms with E-state index in [9.17, 15) is 51.9 Å². The number of pyridine rings is 4. The van der Waals surface area contributed by atoms with Gasteiger partial charge in [0.25, 0.3) is 32.4 Å². The molecule has 16 aromatic rings. The highest BCUT2D eigenvalue weighted by atomic mass is 79.9. The van der Waals surface area contributed by atoms with Crippen LogP contribution in [0.25, 0.3) is 83.1 Å². The van der Waals surface area contributed by atoms with Crippen molar-refractivity contribution in [2.45, 2.75) is 113 Å². The van der Waals surface area contributed by atoms with E-state index >= 15 is 0 Å². The van der Waals surface area contributed by atoms with Gasteiger partial charge < -0.3 is 60.6 Å². The van der Waals surface area contributed by atoms with Crippen molar-refractivity contribution in [1.29, 1.82) is 0 Å². The van der Waals surface area contributed by atoms with Gasteiger partial charge in [-0.15, -0.1) is 0 Å². The average molecular weight is 2090 g/mol. The van der Waals surface area contributed by atoms with Gasteiger partial charge in [-0.05, 0) is 259 Å². The van der Waals surface area contributed by atoms with Crippen LogP contribution >= 0.6 is 78.3 Å². The summed E-state index contributed by atoms with van der Waals surface area (Å²) < 4.78 is 79.7. The number of ketones is 1. The van der Waals surface area contributed by atoms with Crippen molar-refractivity contribution in [2.75, 3.05) is 41.8 Å². The molecule has 712 valence electrons. The van der Waals surface area contributed by atoms with Gasteiger partial charge in [0.1, 0.15) is 46.0 Å². The summed E-state index contributed by atoms with van der Waals surface area (Å²) in [5.74, 6) is 4.95. The number of hydrogen-bond donors (Lipinski definition) is 1. The van der Waals surface area contributed by atoms with Crippen molar-refractivity contribution in [3.8, 4) is 62.1 Å². The van der Waals surface area contributed by atoms with E-state index < -0.39 is 10.1 Å². The Bertz CT molecular complexity index is 7700. The molecule has 138 heavy (non-hydrogen) atoms. The molecule has 1 aliphatic carbocycles. The zero-order valence-corrected chi connectivity index (χ0v) is 83.9. The maximum atomic E-state index is 13.4. The molecule has 9 aromatic carbocycles. The van der Waals surface area contributed by atoms with Crippen LogP contribution in [0.2, 0.25) is 20.1 Å². The minimum absolute atomic E-state index is 0.110. The number of allylic oxidation sites excluding steroid dienone is 1. The topological polar surface area (TPSA) is 344 Å². The molecule has 7 heterocycles. The lowest BCUT2D eigenvalue weighted by atomic mass is 9.91. The largest absolute Gasteiger partial charge is 0.496 e. The van der Waals surface area contributed by atoms with Crippen LogP contribution < -0.4 is 45.9 Å². The Balaban J connectivity index is 0.000000148. The lowest BCUT2D eigenvalue weighted by Gasteiger charge is -2.16. The van der Waals surface area contributed by atoms with E-state index in [4.69, 9.17) is 87.8 Å². The molecular formula is C104H93Br2Cl4N7O20S. The number of hydrogen-bond acceptors (Lipinski definition) is 23. The van der Waals surface area contributed by atoms with E-state index in [0.717, 1.165) is 126 Å². The van der Waals surface area contributed by atoms with E-state index in [-0.39, 0.29) is 69.9 Å². The highest BCUT2D eigenvalue weighted by molar-refractivity contribution is 9.11. The van der Waals surface area contributed by atoms with Gasteiger partial charge in [-0.2, -0.15) is 8.42 Å². The van der Waals surface area contributed by atoms with E-state index in [0.29, 0.717) is 159 Å². The molecule has 7 aromatic heterocycles. The zero-order valence-electron chi connectivity index (χ0n) is 76.9. The second-order valence-corrected chi connectivity index (χ2v) is 37.3. The second-order valence-electron chi connectivity index (χ2n) is 32.2. The molecule has 0 fully saturated rings. The third-order valence-electron chi connectivity index (χ3n) is 23.3. The van der Waals surface area contributed by atoms with Crippen LogP contribution in [0, 0.1) is 41.5 Å². The number of aryl methyl sites for hydroxylation is 14. The second kappa shape index (κ2) is 45.4. The molecule has 0 bridgehead atoms. The Morgan fingerprint density at radius 3 is 1.04 bits per heavy atom. The van der Waals surface area contributed by atoms with Crippen molar-refractivity contribution in [3.05, 3.63) is 348 Å². The number of Topliss-reactive ketones (excluding diaryl/α,β-unsaturated/α-hetero) is 1. The number of fused-ring (bicyclic) bond motifs is 5. The standard InChI is InChI=1S/C25H25ClN2O6S.C24H23ClN2O4.C24H21ClN2O4.C19H15BrClNO3.C12H9BrO3/c1-15-24(16(2)34-27-15)21-12-18-11-19(14-33-35(4,30)31)25(29)28(22(18)13-23(21)32-3)10-9-17-5-7-20(26)8-6-17;2*1-14-23(15(2)31-26-14)20-11-17-10-18(13-28)24(29)27(21(17)12-22(20)30-3)9-8-16-4-6-19(25)7-5-16;1-25-18-10-17-13(9-16(18)20)8-14(11-23)19(24)22(17)7-6-12-2-4-15(21)5-3-12;1-16-12-5-8-4-11(15)9(6-14)2-7(8)3-10(12)13/h5-8,11-13H,9-10,14H2,1-4H3;4-7,10-12,28H,8-9,13H2,1-3H3;4-7,10-13H,8-9H2,1-3H3;2-5,8-11H,6-7H2,1H3;2-3,5-6H,4H2,1H3. The number of halogens is 6. The lowest BCUT2D eigenvalue weighted by Crippen LogP contribution is -2.26. The molecule has 0 radical (unpaired) electrons. The average Bonchev–Trinajstić information content (AvgIpc) is 1.43. The number of aldehydes is 3. The third kappa shape index (κ3) is 23.6. The number of aliphatic hydroxyl groups is 1. The number of carbonyl (C=O) groups is 4. The number of carbonyl (C=O) groups excluding carboxylic acids is 4. The Hall–Kier alpha value is -13.1. The smallest absolute Gasteiger partial charge is 0.264 e. The van der Waals surface area contributed by atoms with E-state index in [2.05, 4.69) is 47.3 Å². The fourth-order valence-corrected chi connectivity index (χ4v) is 18.2. The Morgan fingerprint density at radius 1 is 0.406 bits per heavy atom. The van der Waals surface area contributed by atoms with Crippen molar-refractivity contribution in [1.82, 2.24) is 33.7 Å². The van der Waals surface area contributed by atoms with Crippen LogP contribution in [0.3, 0.4) is 0 Å². The number of aliphatic hydroxyl groups excluding tert-OH is 1. The van der Waals surface area contributed by atoms with Crippen LogP contribution in [0.15, 0.2) is 229 Å². The number of nitrogens with zero attached hydrogens (tertiary/aromatic N) is 7. The summed E-state index contributed by atoms with van der Waals surface area (Å²) in [7, 11) is 4.16. The summed E-state index contributed by atoms with van der Waals surface area (Å²) in [6.07, 6.45) is 7.08. The zero-order chi connectivity index (χ0) is 99.2. The van der Waals surface area contributed by atoms with Crippen LogP contribution in [0.5, 0.6) is 28.7 Å². The van der Waals surface area contributed by atoms with Gasteiger partial charge in [-0.25, -0.2) is 0 Å². The maximum Gasteiger partial charge on any atom is 0.264 e. The van der Waals surface area contributed by atoms with Crippen LogP contribution in [-0.2, 0) is 95.4 Å². The van der Waals surface area contributed by atoms with Crippen LogP contribution in [0.1, 0.15) is 99.6 Å². The van der Waals surface area contributed by atoms with Crippen molar-refractivity contribution in [2.24, 2.45) is 0 Å². The molecule has 27 nitrogen and oxygen atoms in total. The third-order valence-corrected chi connectivity index (χ3v) is 26.0. The normalized spacial score (nSPS) is 11.6. The number of aromatic nitrogens is 7. The highest BCUT2D eigenvalue weighted by Gasteiger charge is 2.27.